The first-order valence-corrected chi connectivity index (χ1v) is 8.38. The molecule has 0 aromatic heterocycles. The Kier molecular flexibility index (Phi) is 6.43. The monoisotopic (exact) mass is 377 g/mol. The van der Waals surface area contributed by atoms with Crippen LogP contribution in [0.3, 0.4) is 0 Å². The highest BCUT2D eigenvalue weighted by Crippen LogP contribution is 2.11. The second-order valence-corrected chi connectivity index (χ2v) is 5.87. The van der Waals surface area contributed by atoms with E-state index in [0.717, 1.165) is 5.70 Å². The van der Waals surface area contributed by atoms with Gasteiger partial charge >= 0.3 is 5.97 Å². The van der Waals surface area contributed by atoms with Crippen molar-refractivity contribution in [1.82, 2.24) is 15.3 Å². The number of para-hydroxylation sites is 1. The van der Waals surface area contributed by atoms with E-state index in [-0.39, 0.29) is 17.6 Å². The minimum absolute atomic E-state index is 0.0414. The fourth-order valence-corrected chi connectivity index (χ4v) is 2.68. The van der Waals surface area contributed by atoms with Crippen molar-refractivity contribution >= 4 is 52.0 Å². The van der Waals surface area contributed by atoms with Gasteiger partial charge in [0, 0.05) is 12.7 Å². The van der Waals surface area contributed by atoms with Gasteiger partial charge in [-0.05, 0) is 44.3 Å². The number of hydrazine groups is 1. The Morgan fingerprint density at radius 1 is 1.32 bits per heavy atom. The molecule has 0 aliphatic carbocycles. The molecule has 1 heterocycles. The molecule has 25 heavy (non-hydrogen) atoms. The molecule has 2 N–H and O–H groups in total. The molecule has 1 aromatic rings. The Balaban J connectivity index is 2.41. The molecule has 0 spiro atoms. The fourth-order valence-electron chi connectivity index (χ4n) is 2.05. The van der Waals surface area contributed by atoms with Crippen molar-refractivity contribution in [3.8, 4) is 0 Å². The van der Waals surface area contributed by atoms with Crippen LogP contribution in [-0.2, 0) is 9.53 Å². The first kappa shape index (κ1) is 18.8. The molecular weight excluding hydrogens is 358 g/mol. The molecule has 0 saturated carbocycles. The summed E-state index contributed by atoms with van der Waals surface area (Å²) in [4.78, 5) is 14.2. The lowest BCUT2D eigenvalue weighted by Gasteiger charge is -2.28. The molecule has 7 nitrogen and oxygen atoms in total. The number of ether oxygens (including phenoxy) is 1. The average Bonchev–Trinajstić information content (AvgIpc) is 2.66. The second-order valence-electron chi connectivity index (χ2n) is 5.09. The summed E-state index contributed by atoms with van der Waals surface area (Å²) in [7, 11) is 1.73. The third-order valence-electron chi connectivity index (χ3n) is 3.12. The maximum atomic E-state index is 12.4. The van der Waals surface area contributed by atoms with Crippen molar-refractivity contribution in [3.63, 3.8) is 0 Å². The van der Waals surface area contributed by atoms with Gasteiger partial charge in [-0.3, -0.25) is 15.3 Å². The highest BCUT2D eigenvalue weighted by Gasteiger charge is 2.31. The zero-order chi connectivity index (χ0) is 18.4. The van der Waals surface area contributed by atoms with Gasteiger partial charge in [-0.25, -0.2) is 4.79 Å². The van der Waals surface area contributed by atoms with Crippen LogP contribution in [0.25, 0.3) is 0 Å². The van der Waals surface area contributed by atoms with Crippen LogP contribution in [0.5, 0.6) is 0 Å². The zero-order valence-electron chi connectivity index (χ0n) is 14.1. The fraction of sp³-hybridized carbons (Fsp3) is 0.250. The Labute approximate surface area is 157 Å². The first-order valence-electron chi connectivity index (χ1n) is 7.56. The number of carbonyl (C=O) groups is 1. The summed E-state index contributed by atoms with van der Waals surface area (Å²) in [5, 5.41) is 6.06. The number of hydrogen-bond acceptors (Lipinski definition) is 7. The summed E-state index contributed by atoms with van der Waals surface area (Å²) < 4.78 is 5.11. The SMILES string of the molecule is CCOC(=O)/C(=N\Nc1ccccc1)N1C(=S)C=C(C)NN(C)C1=S. The van der Waals surface area contributed by atoms with Gasteiger partial charge in [0.25, 0.3) is 0 Å². The van der Waals surface area contributed by atoms with Crippen LogP contribution in [0.15, 0.2) is 47.2 Å². The molecule has 1 aromatic carbocycles. The van der Waals surface area contributed by atoms with Crippen LogP contribution in [0, 0.1) is 0 Å². The van der Waals surface area contributed by atoms with Crippen molar-refractivity contribution in [1.29, 1.82) is 0 Å². The van der Waals surface area contributed by atoms with E-state index in [9.17, 15) is 4.79 Å². The molecule has 0 saturated heterocycles. The van der Waals surface area contributed by atoms with Crippen molar-refractivity contribution in [3.05, 3.63) is 42.1 Å². The predicted molar refractivity (Wildman–Crippen MR) is 106 cm³/mol. The van der Waals surface area contributed by atoms with E-state index in [2.05, 4.69) is 16.0 Å². The van der Waals surface area contributed by atoms with E-state index in [4.69, 9.17) is 29.2 Å². The van der Waals surface area contributed by atoms with E-state index in [0.29, 0.717) is 10.7 Å². The largest absolute Gasteiger partial charge is 0.460 e. The molecular formula is C16H19N5O2S2. The first-order chi connectivity index (χ1) is 11.9. The van der Waals surface area contributed by atoms with Crippen molar-refractivity contribution in [2.24, 2.45) is 5.10 Å². The summed E-state index contributed by atoms with van der Waals surface area (Å²) in [5.41, 5.74) is 7.39. The number of thiocarbonyl (C=S) groups is 2. The van der Waals surface area contributed by atoms with Crippen molar-refractivity contribution < 1.29 is 9.53 Å². The lowest BCUT2D eigenvalue weighted by Crippen LogP contribution is -2.51. The molecule has 2 rings (SSSR count). The summed E-state index contributed by atoms with van der Waals surface area (Å²) in [6.07, 6.45) is 1.70. The van der Waals surface area contributed by atoms with Crippen LogP contribution >= 0.6 is 24.4 Å². The highest BCUT2D eigenvalue weighted by atomic mass is 32.1. The summed E-state index contributed by atoms with van der Waals surface area (Å²) in [6.45, 7) is 3.77. The number of anilines is 1. The third kappa shape index (κ3) is 4.74. The molecule has 0 atom stereocenters. The molecule has 9 heteroatoms. The lowest BCUT2D eigenvalue weighted by molar-refractivity contribution is -0.135. The Morgan fingerprint density at radius 3 is 2.64 bits per heavy atom. The maximum absolute atomic E-state index is 12.4. The summed E-state index contributed by atoms with van der Waals surface area (Å²) in [5.74, 6) is -0.669. The smallest absolute Gasteiger partial charge is 0.376 e. The number of hydrazone groups is 1. The maximum Gasteiger partial charge on any atom is 0.376 e. The molecule has 132 valence electrons. The van der Waals surface area contributed by atoms with Gasteiger partial charge in [-0.2, -0.15) is 0 Å². The Morgan fingerprint density at radius 2 is 2.00 bits per heavy atom. The average molecular weight is 377 g/mol. The number of nitrogens with one attached hydrogen (secondary N) is 2. The van der Waals surface area contributed by atoms with Crippen LogP contribution in [0.2, 0.25) is 0 Å². The van der Waals surface area contributed by atoms with E-state index in [1.54, 1.807) is 25.1 Å². The normalized spacial score (nSPS) is 15.3. The number of allylic oxidation sites excluding steroid dienone is 1. The number of benzene rings is 1. The number of nitrogens with zero attached hydrogens (tertiary/aromatic N) is 3. The number of amidine groups is 1. The van der Waals surface area contributed by atoms with Gasteiger partial charge in [-0.1, -0.05) is 30.4 Å². The minimum atomic E-state index is -0.628. The molecule has 1 aliphatic heterocycles. The molecule has 0 amide bonds. The standard InChI is InChI=1S/C16H19N5O2S2/c1-4-23-15(22)14(18-17-12-8-6-5-7-9-12)21-13(24)10-11(2)19-20(3)16(21)25/h5-10,17,19H,4H2,1-3H3/b18-14+. The van der Waals surface area contributed by atoms with Gasteiger partial charge in [0.1, 0.15) is 4.99 Å². The zero-order valence-corrected chi connectivity index (χ0v) is 15.8. The van der Waals surface area contributed by atoms with Crippen LogP contribution in [-0.4, -0.2) is 45.5 Å². The third-order valence-corrected chi connectivity index (χ3v) is 3.87. The van der Waals surface area contributed by atoms with Gasteiger partial charge in [-0.15, -0.1) is 5.10 Å². The highest BCUT2D eigenvalue weighted by molar-refractivity contribution is 7.82. The summed E-state index contributed by atoms with van der Waals surface area (Å²) >= 11 is 10.8. The van der Waals surface area contributed by atoms with Crippen molar-refractivity contribution in [2.75, 3.05) is 19.1 Å². The van der Waals surface area contributed by atoms with Crippen LogP contribution in [0.1, 0.15) is 13.8 Å². The second kappa shape index (κ2) is 8.54. The van der Waals surface area contributed by atoms with E-state index in [1.807, 2.05) is 37.3 Å². The molecule has 0 unspecified atom stereocenters. The van der Waals surface area contributed by atoms with Gasteiger partial charge < -0.3 is 10.2 Å². The Hall–Kier alpha value is -2.52. The number of carbonyl (C=O) groups excluding carboxylic acids is 1. The molecule has 1 aliphatic rings. The van der Waals surface area contributed by atoms with E-state index < -0.39 is 5.97 Å². The van der Waals surface area contributed by atoms with E-state index in [1.165, 1.54) is 4.90 Å². The predicted octanol–water partition coefficient (Wildman–Crippen LogP) is 2.24. The number of hydrogen-bond donors (Lipinski definition) is 2. The van der Waals surface area contributed by atoms with Crippen LogP contribution < -0.4 is 10.9 Å². The molecule has 0 radical (unpaired) electrons. The number of rotatable bonds is 3. The Bertz CT molecular complexity index is 733. The van der Waals surface area contributed by atoms with Crippen LogP contribution in [0.4, 0.5) is 5.69 Å². The van der Waals surface area contributed by atoms with Gasteiger partial charge in [0.05, 0.1) is 12.3 Å². The minimum Gasteiger partial charge on any atom is -0.460 e. The van der Waals surface area contributed by atoms with Crippen molar-refractivity contribution in [2.45, 2.75) is 13.8 Å². The lowest BCUT2D eigenvalue weighted by atomic mass is 10.3. The topological polar surface area (TPSA) is 69.2 Å². The van der Waals surface area contributed by atoms with Gasteiger partial charge in [0.2, 0.25) is 10.9 Å². The van der Waals surface area contributed by atoms with Gasteiger partial charge in [0.15, 0.2) is 0 Å². The number of esters is 1. The quantitative estimate of drug-likeness (QED) is 0.273. The van der Waals surface area contributed by atoms with E-state index >= 15 is 0 Å². The summed E-state index contributed by atoms with van der Waals surface area (Å²) in [6, 6.07) is 9.24. The molecule has 0 bridgehead atoms. The molecule has 0 fully saturated rings.